The molecule has 1 aliphatic carbocycles. The Balaban J connectivity index is 1.75. The van der Waals surface area contributed by atoms with Crippen LogP contribution in [0.4, 0.5) is 0 Å². The average molecular weight is 254 g/mol. The molecule has 1 saturated carbocycles. The van der Waals surface area contributed by atoms with Crippen LogP contribution < -0.4 is 5.32 Å². The first-order valence-electron chi connectivity index (χ1n) is 6.28. The van der Waals surface area contributed by atoms with Crippen molar-refractivity contribution in [1.29, 1.82) is 0 Å². The van der Waals surface area contributed by atoms with E-state index < -0.39 is 0 Å². The van der Waals surface area contributed by atoms with Gasteiger partial charge in [-0.25, -0.2) is 0 Å². The highest BCUT2D eigenvalue weighted by Crippen LogP contribution is 2.37. The van der Waals surface area contributed by atoms with Gasteiger partial charge in [0.15, 0.2) is 0 Å². The molecule has 0 spiro atoms. The molecule has 1 aromatic rings. The Labute approximate surface area is 108 Å². The standard InChI is InChI=1S/C14H20ClNO/c1-10(9-17)8-16-14-6-12(7-14)11-3-2-4-13(15)5-11/h2-5,10,12,14,16-17H,6-9H2,1H3. The number of aliphatic hydroxyl groups excluding tert-OH is 1. The summed E-state index contributed by atoms with van der Waals surface area (Å²) in [5, 5.41) is 13.3. The fraction of sp³-hybridized carbons (Fsp3) is 0.571. The lowest BCUT2D eigenvalue weighted by molar-refractivity contribution is 0.213. The summed E-state index contributed by atoms with van der Waals surface area (Å²) in [6.07, 6.45) is 2.36. The van der Waals surface area contributed by atoms with Gasteiger partial charge in [-0.15, -0.1) is 0 Å². The SMILES string of the molecule is CC(CO)CNC1CC(c2cccc(Cl)c2)C1. The first-order chi connectivity index (χ1) is 8.19. The van der Waals surface area contributed by atoms with E-state index in [-0.39, 0.29) is 6.61 Å². The molecule has 0 heterocycles. The van der Waals surface area contributed by atoms with E-state index in [9.17, 15) is 0 Å². The van der Waals surface area contributed by atoms with Crippen molar-refractivity contribution in [2.45, 2.75) is 31.7 Å². The second-order valence-electron chi connectivity index (χ2n) is 5.12. The molecular formula is C14H20ClNO. The van der Waals surface area contributed by atoms with Gasteiger partial charge in [0, 0.05) is 24.2 Å². The number of benzene rings is 1. The van der Waals surface area contributed by atoms with Crippen molar-refractivity contribution in [2.75, 3.05) is 13.2 Å². The zero-order valence-corrected chi connectivity index (χ0v) is 11.0. The highest BCUT2D eigenvalue weighted by Gasteiger charge is 2.29. The van der Waals surface area contributed by atoms with Crippen molar-refractivity contribution in [3.05, 3.63) is 34.9 Å². The van der Waals surface area contributed by atoms with Gasteiger partial charge in [0.25, 0.3) is 0 Å². The third-order valence-electron chi connectivity index (χ3n) is 3.52. The largest absolute Gasteiger partial charge is 0.396 e. The molecule has 17 heavy (non-hydrogen) atoms. The second kappa shape index (κ2) is 5.85. The van der Waals surface area contributed by atoms with E-state index in [1.807, 2.05) is 12.1 Å². The van der Waals surface area contributed by atoms with Crippen LogP contribution in [0.25, 0.3) is 0 Å². The first-order valence-corrected chi connectivity index (χ1v) is 6.66. The molecule has 2 nitrogen and oxygen atoms in total. The van der Waals surface area contributed by atoms with Crippen molar-refractivity contribution in [3.8, 4) is 0 Å². The van der Waals surface area contributed by atoms with Crippen LogP contribution in [0.3, 0.4) is 0 Å². The molecule has 0 bridgehead atoms. The quantitative estimate of drug-likeness (QED) is 0.846. The Morgan fingerprint density at radius 2 is 2.24 bits per heavy atom. The maximum atomic E-state index is 8.94. The van der Waals surface area contributed by atoms with Crippen LogP contribution >= 0.6 is 11.6 Å². The molecular weight excluding hydrogens is 234 g/mol. The third kappa shape index (κ3) is 3.44. The van der Waals surface area contributed by atoms with Crippen molar-refractivity contribution >= 4 is 11.6 Å². The number of hydrogen-bond acceptors (Lipinski definition) is 2. The van der Waals surface area contributed by atoms with Crippen LogP contribution in [-0.4, -0.2) is 24.3 Å². The smallest absolute Gasteiger partial charge is 0.0468 e. The summed E-state index contributed by atoms with van der Waals surface area (Å²) >= 11 is 5.98. The maximum absolute atomic E-state index is 8.94. The van der Waals surface area contributed by atoms with E-state index in [0.717, 1.165) is 11.6 Å². The van der Waals surface area contributed by atoms with Gasteiger partial charge < -0.3 is 10.4 Å². The van der Waals surface area contributed by atoms with Crippen molar-refractivity contribution in [2.24, 2.45) is 5.92 Å². The fourth-order valence-corrected chi connectivity index (χ4v) is 2.45. The molecule has 2 N–H and O–H groups in total. The lowest BCUT2D eigenvalue weighted by Crippen LogP contribution is -2.42. The minimum absolute atomic E-state index is 0.261. The van der Waals surface area contributed by atoms with Gasteiger partial charge in [-0.2, -0.15) is 0 Å². The monoisotopic (exact) mass is 253 g/mol. The predicted molar refractivity (Wildman–Crippen MR) is 71.5 cm³/mol. The van der Waals surface area contributed by atoms with E-state index in [0.29, 0.717) is 17.9 Å². The van der Waals surface area contributed by atoms with Gasteiger partial charge >= 0.3 is 0 Å². The predicted octanol–water partition coefficient (Wildman–Crippen LogP) is 2.80. The highest BCUT2D eigenvalue weighted by molar-refractivity contribution is 6.30. The van der Waals surface area contributed by atoms with Gasteiger partial charge in [-0.1, -0.05) is 30.7 Å². The Morgan fingerprint density at radius 1 is 1.47 bits per heavy atom. The minimum Gasteiger partial charge on any atom is -0.396 e. The Kier molecular flexibility index (Phi) is 4.43. The van der Waals surface area contributed by atoms with Crippen LogP contribution in [0.5, 0.6) is 0 Å². The summed E-state index contributed by atoms with van der Waals surface area (Å²) in [4.78, 5) is 0. The number of nitrogens with one attached hydrogen (secondary N) is 1. The molecule has 94 valence electrons. The van der Waals surface area contributed by atoms with Crippen LogP contribution in [0.1, 0.15) is 31.2 Å². The van der Waals surface area contributed by atoms with Crippen LogP contribution in [0.2, 0.25) is 5.02 Å². The van der Waals surface area contributed by atoms with Gasteiger partial charge in [0.2, 0.25) is 0 Å². The normalized spacial score (nSPS) is 25.4. The molecule has 0 amide bonds. The van der Waals surface area contributed by atoms with Crippen molar-refractivity contribution < 1.29 is 5.11 Å². The van der Waals surface area contributed by atoms with E-state index >= 15 is 0 Å². The van der Waals surface area contributed by atoms with Crippen molar-refractivity contribution in [3.63, 3.8) is 0 Å². The second-order valence-corrected chi connectivity index (χ2v) is 5.55. The summed E-state index contributed by atoms with van der Waals surface area (Å²) < 4.78 is 0. The van der Waals surface area contributed by atoms with E-state index in [1.54, 1.807) is 0 Å². The lowest BCUT2D eigenvalue weighted by Gasteiger charge is -2.37. The molecule has 0 aromatic heterocycles. The summed E-state index contributed by atoms with van der Waals surface area (Å²) in [6, 6.07) is 8.77. The molecule has 1 fully saturated rings. The average Bonchev–Trinajstić information content (AvgIpc) is 2.26. The van der Waals surface area contributed by atoms with Gasteiger partial charge in [0.1, 0.15) is 0 Å². The summed E-state index contributed by atoms with van der Waals surface area (Å²) in [7, 11) is 0. The van der Waals surface area contributed by atoms with E-state index in [4.69, 9.17) is 16.7 Å². The molecule has 2 rings (SSSR count). The van der Waals surface area contributed by atoms with Gasteiger partial charge in [-0.05, 0) is 42.4 Å². The summed E-state index contributed by atoms with van der Waals surface area (Å²) in [6.45, 7) is 3.22. The minimum atomic E-state index is 0.261. The summed E-state index contributed by atoms with van der Waals surface area (Å²) in [5.41, 5.74) is 1.35. The number of aliphatic hydroxyl groups is 1. The molecule has 1 aliphatic rings. The Bertz CT molecular complexity index is 363. The number of halogens is 1. The Morgan fingerprint density at radius 3 is 2.88 bits per heavy atom. The highest BCUT2D eigenvalue weighted by atomic mass is 35.5. The van der Waals surface area contributed by atoms with E-state index in [2.05, 4.69) is 24.4 Å². The van der Waals surface area contributed by atoms with Crippen LogP contribution in [-0.2, 0) is 0 Å². The van der Waals surface area contributed by atoms with Crippen LogP contribution in [0.15, 0.2) is 24.3 Å². The molecule has 1 aromatic carbocycles. The van der Waals surface area contributed by atoms with Gasteiger partial charge in [-0.3, -0.25) is 0 Å². The molecule has 1 unspecified atom stereocenters. The number of rotatable bonds is 5. The Hall–Kier alpha value is -0.570. The third-order valence-corrected chi connectivity index (χ3v) is 3.76. The maximum Gasteiger partial charge on any atom is 0.0468 e. The topological polar surface area (TPSA) is 32.3 Å². The molecule has 1 atom stereocenters. The molecule has 0 radical (unpaired) electrons. The molecule has 3 heteroatoms. The first kappa shape index (κ1) is 12.9. The van der Waals surface area contributed by atoms with E-state index in [1.165, 1.54) is 18.4 Å². The molecule has 0 saturated heterocycles. The number of hydrogen-bond donors (Lipinski definition) is 2. The lowest BCUT2D eigenvalue weighted by atomic mass is 9.76. The zero-order valence-electron chi connectivity index (χ0n) is 10.2. The van der Waals surface area contributed by atoms with Crippen molar-refractivity contribution in [1.82, 2.24) is 5.32 Å². The zero-order chi connectivity index (χ0) is 12.3. The summed E-state index contributed by atoms with van der Waals surface area (Å²) in [5.74, 6) is 0.996. The molecule has 0 aliphatic heterocycles. The van der Waals surface area contributed by atoms with Crippen LogP contribution in [0, 0.1) is 5.92 Å². The fourth-order valence-electron chi connectivity index (χ4n) is 2.25. The van der Waals surface area contributed by atoms with Gasteiger partial charge in [0.05, 0.1) is 0 Å².